The normalized spacial score (nSPS) is 11.1. The number of nitrogen functional groups attached to an aromatic ring is 1. The zero-order valence-corrected chi connectivity index (χ0v) is 11.0. The fraction of sp³-hybridized carbons (Fsp3) is 0. The Balaban J connectivity index is 2.50. The minimum absolute atomic E-state index is 0.114. The molecule has 0 aliphatic carbocycles. The molecular weight excluding hydrogens is 256 g/mol. The number of hydrazone groups is 1. The van der Waals surface area contributed by atoms with E-state index in [1.54, 1.807) is 0 Å². The van der Waals surface area contributed by atoms with Crippen molar-refractivity contribution in [3.05, 3.63) is 65.7 Å². The van der Waals surface area contributed by atoms with E-state index < -0.39 is 0 Å². The fourth-order valence-electron chi connectivity index (χ4n) is 1.70. The lowest BCUT2D eigenvalue weighted by molar-refractivity contribution is 1.03. The van der Waals surface area contributed by atoms with E-state index in [1.807, 2.05) is 54.6 Å². The van der Waals surface area contributed by atoms with Crippen molar-refractivity contribution < 1.29 is 0 Å². The first-order valence-electron chi connectivity index (χ1n) is 5.72. The molecule has 0 spiro atoms. The van der Waals surface area contributed by atoms with Gasteiger partial charge in [-0.1, -0.05) is 48.5 Å². The van der Waals surface area contributed by atoms with Crippen LogP contribution in [-0.2, 0) is 0 Å². The van der Waals surface area contributed by atoms with Gasteiger partial charge in [-0.2, -0.15) is 5.10 Å². The third kappa shape index (κ3) is 3.29. The Bertz CT molecular complexity index is 608. The molecule has 0 heterocycles. The molecule has 2 aromatic rings. The first-order chi connectivity index (χ1) is 9.18. The molecule has 0 bridgehead atoms. The summed E-state index contributed by atoms with van der Waals surface area (Å²) in [6, 6.07) is 17.2. The zero-order valence-electron chi connectivity index (χ0n) is 10.2. The van der Waals surface area contributed by atoms with Crippen LogP contribution in [0.4, 0.5) is 5.69 Å². The van der Waals surface area contributed by atoms with E-state index in [1.165, 1.54) is 0 Å². The van der Waals surface area contributed by atoms with Crippen molar-refractivity contribution in [3.8, 4) is 0 Å². The average Bonchev–Trinajstić information content (AvgIpc) is 2.42. The highest BCUT2D eigenvalue weighted by molar-refractivity contribution is 7.80. The molecule has 0 unspecified atom stereocenters. The summed E-state index contributed by atoms with van der Waals surface area (Å²) in [5.74, 6) is 0. The average molecular weight is 270 g/mol. The van der Waals surface area contributed by atoms with Crippen molar-refractivity contribution in [1.29, 1.82) is 0 Å². The molecule has 0 aliphatic heterocycles. The highest BCUT2D eigenvalue weighted by Crippen LogP contribution is 2.16. The van der Waals surface area contributed by atoms with Gasteiger partial charge in [-0.15, -0.1) is 0 Å². The SMILES string of the molecule is NC(=S)NN=C(c1ccccc1)c1ccccc1N. The van der Waals surface area contributed by atoms with Gasteiger partial charge < -0.3 is 11.5 Å². The Hall–Kier alpha value is -2.40. The summed E-state index contributed by atoms with van der Waals surface area (Å²) in [6.07, 6.45) is 0. The van der Waals surface area contributed by atoms with Gasteiger partial charge in [0.25, 0.3) is 0 Å². The first kappa shape index (κ1) is 13.0. The second-order valence-electron chi connectivity index (χ2n) is 3.89. The highest BCUT2D eigenvalue weighted by atomic mass is 32.1. The lowest BCUT2D eigenvalue weighted by Crippen LogP contribution is -2.26. The maximum atomic E-state index is 5.99. The van der Waals surface area contributed by atoms with Crippen LogP contribution in [0.25, 0.3) is 0 Å². The minimum atomic E-state index is 0.114. The van der Waals surface area contributed by atoms with E-state index in [-0.39, 0.29) is 5.11 Å². The number of benzene rings is 2. The Labute approximate surface area is 117 Å². The van der Waals surface area contributed by atoms with Crippen LogP contribution < -0.4 is 16.9 Å². The van der Waals surface area contributed by atoms with Crippen LogP contribution in [0.1, 0.15) is 11.1 Å². The van der Waals surface area contributed by atoms with Crippen LogP contribution in [0, 0.1) is 0 Å². The van der Waals surface area contributed by atoms with Crippen molar-refractivity contribution in [1.82, 2.24) is 5.43 Å². The minimum Gasteiger partial charge on any atom is -0.398 e. The molecule has 0 saturated carbocycles. The Morgan fingerprint density at radius 2 is 1.63 bits per heavy atom. The number of nitrogens with one attached hydrogen (secondary N) is 1. The van der Waals surface area contributed by atoms with E-state index in [2.05, 4.69) is 10.5 Å². The molecule has 0 saturated heterocycles. The molecule has 5 N–H and O–H groups in total. The van der Waals surface area contributed by atoms with Gasteiger partial charge in [0.15, 0.2) is 5.11 Å². The van der Waals surface area contributed by atoms with Gasteiger partial charge in [0.2, 0.25) is 0 Å². The van der Waals surface area contributed by atoms with Crippen LogP contribution in [0.5, 0.6) is 0 Å². The van der Waals surface area contributed by atoms with Crippen LogP contribution >= 0.6 is 12.2 Å². The smallest absolute Gasteiger partial charge is 0.184 e. The number of nitrogens with two attached hydrogens (primary N) is 2. The van der Waals surface area contributed by atoms with E-state index in [9.17, 15) is 0 Å². The van der Waals surface area contributed by atoms with Gasteiger partial charge in [0.05, 0.1) is 5.71 Å². The maximum Gasteiger partial charge on any atom is 0.184 e. The summed E-state index contributed by atoms with van der Waals surface area (Å²) < 4.78 is 0. The van der Waals surface area contributed by atoms with E-state index >= 15 is 0 Å². The van der Waals surface area contributed by atoms with Crippen LogP contribution in [0.3, 0.4) is 0 Å². The monoisotopic (exact) mass is 270 g/mol. The lowest BCUT2D eigenvalue weighted by Gasteiger charge is -2.10. The van der Waals surface area contributed by atoms with Crippen molar-refractivity contribution in [2.75, 3.05) is 5.73 Å². The summed E-state index contributed by atoms with van der Waals surface area (Å²) in [6.45, 7) is 0. The van der Waals surface area contributed by atoms with E-state index in [0.717, 1.165) is 11.1 Å². The van der Waals surface area contributed by atoms with Gasteiger partial charge in [-0.05, 0) is 18.3 Å². The van der Waals surface area contributed by atoms with Crippen molar-refractivity contribution in [2.45, 2.75) is 0 Å². The number of rotatable bonds is 3. The highest BCUT2D eigenvalue weighted by Gasteiger charge is 2.09. The Morgan fingerprint density at radius 3 is 2.26 bits per heavy atom. The lowest BCUT2D eigenvalue weighted by atomic mass is 10.0. The molecule has 0 fully saturated rings. The largest absolute Gasteiger partial charge is 0.398 e. The Morgan fingerprint density at radius 1 is 1.00 bits per heavy atom. The van der Waals surface area contributed by atoms with Crippen LogP contribution in [-0.4, -0.2) is 10.8 Å². The molecule has 0 radical (unpaired) electrons. The number of thiocarbonyl (C=S) groups is 1. The number of anilines is 1. The first-order valence-corrected chi connectivity index (χ1v) is 6.12. The zero-order chi connectivity index (χ0) is 13.7. The molecule has 19 heavy (non-hydrogen) atoms. The van der Waals surface area contributed by atoms with Gasteiger partial charge in [-0.3, -0.25) is 5.43 Å². The van der Waals surface area contributed by atoms with Crippen LogP contribution in [0.15, 0.2) is 59.7 Å². The van der Waals surface area contributed by atoms with Crippen molar-refractivity contribution >= 4 is 28.7 Å². The summed E-state index contributed by atoms with van der Waals surface area (Å²) >= 11 is 4.78. The molecule has 2 aromatic carbocycles. The summed E-state index contributed by atoms with van der Waals surface area (Å²) in [4.78, 5) is 0. The van der Waals surface area contributed by atoms with Gasteiger partial charge >= 0.3 is 0 Å². The summed E-state index contributed by atoms with van der Waals surface area (Å²) in [7, 11) is 0. The molecule has 0 amide bonds. The second kappa shape index (κ2) is 5.97. The van der Waals surface area contributed by atoms with Gasteiger partial charge in [-0.25, -0.2) is 0 Å². The molecule has 0 aliphatic rings. The molecule has 0 atom stereocenters. The van der Waals surface area contributed by atoms with Crippen molar-refractivity contribution in [3.63, 3.8) is 0 Å². The second-order valence-corrected chi connectivity index (χ2v) is 4.33. The molecule has 96 valence electrons. The summed E-state index contributed by atoms with van der Waals surface area (Å²) in [5.41, 5.74) is 17.1. The molecular formula is C14H14N4S. The number of hydrogen-bond acceptors (Lipinski definition) is 3. The number of hydrogen-bond donors (Lipinski definition) is 3. The van der Waals surface area contributed by atoms with Gasteiger partial charge in [0, 0.05) is 16.8 Å². The molecule has 5 heteroatoms. The van der Waals surface area contributed by atoms with E-state index in [4.69, 9.17) is 23.7 Å². The standard InChI is InChI=1S/C14H14N4S/c15-12-9-5-4-8-11(12)13(17-18-14(16)19)10-6-2-1-3-7-10/h1-9H,15H2,(H3,16,18,19). The van der Waals surface area contributed by atoms with Gasteiger partial charge in [0.1, 0.15) is 0 Å². The van der Waals surface area contributed by atoms with Crippen LogP contribution in [0.2, 0.25) is 0 Å². The molecule has 4 nitrogen and oxygen atoms in total. The molecule has 2 rings (SSSR count). The summed E-state index contributed by atoms with van der Waals surface area (Å²) in [5, 5.41) is 4.36. The number of nitrogens with zero attached hydrogens (tertiary/aromatic N) is 1. The van der Waals surface area contributed by atoms with Crippen molar-refractivity contribution in [2.24, 2.45) is 10.8 Å². The Kier molecular flexibility index (Phi) is 4.10. The third-order valence-corrected chi connectivity index (χ3v) is 2.63. The maximum absolute atomic E-state index is 5.99. The fourth-order valence-corrected chi connectivity index (χ4v) is 1.75. The predicted molar refractivity (Wildman–Crippen MR) is 82.9 cm³/mol. The number of para-hydroxylation sites is 1. The molecule has 0 aromatic heterocycles. The van der Waals surface area contributed by atoms with E-state index in [0.29, 0.717) is 11.4 Å². The quantitative estimate of drug-likeness (QED) is 0.344. The predicted octanol–water partition coefficient (Wildman–Crippen LogP) is 1.85. The third-order valence-electron chi connectivity index (χ3n) is 2.54. The topological polar surface area (TPSA) is 76.4 Å².